The molecular weight excluding hydrogens is 414 g/mol. The van der Waals surface area contributed by atoms with E-state index < -0.39 is 0 Å². The Bertz CT molecular complexity index is 1070. The summed E-state index contributed by atoms with van der Waals surface area (Å²) in [6.45, 7) is 4.12. The van der Waals surface area contributed by atoms with E-state index in [9.17, 15) is 4.79 Å². The van der Waals surface area contributed by atoms with Gasteiger partial charge in [0.05, 0.1) is 28.4 Å². The molecule has 3 aromatic rings. The van der Waals surface area contributed by atoms with Gasteiger partial charge in [-0.3, -0.25) is 4.79 Å². The first-order chi connectivity index (χ1) is 15.5. The molecule has 2 aromatic carbocycles. The highest BCUT2D eigenvalue weighted by Crippen LogP contribution is 2.31. The first-order valence-electron chi connectivity index (χ1n) is 9.71. The van der Waals surface area contributed by atoms with Crippen LogP contribution in [0, 0.1) is 0 Å². The van der Waals surface area contributed by atoms with Gasteiger partial charge in [-0.25, -0.2) is 0 Å². The van der Waals surface area contributed by atoms with Crippen molar-refractivity contribution in [2.45, 2.75) is 6.54 Å². The topological polar surface area (TPSA) is 96.2 Å². The highest BCUT2D eigenvalue weighted by atomic mass is 16.5. The van der Waals surface area contributed by atoms with E-state index in [0.717, 1.165) is 0 Å². The summed E-state index contributed by atoms with van der Waals surface area (Å²) in [5, 5.41) is 4.03. The van der Waals surface area contributed by atoms with Crippen molar-refractivity contribution >= 4 is 5.91 Å². The normalized spacial score (nSPS) is 10.4. The lowest BCUT2D eigenvalue weighted by atomic mass is 10.1. The van der Waals surface area contributed by atoms with Crippen LogP contribution >= 0.6 is 0 Å². The summed E-state index contributed by atoms with van der Waals surface area (Å²) in [5.74, 6) is 2.56. The molecule has 0 saturated heterocycles. The van der Waals surface area contributed by atoms with Gasteiger partial charge in [0.1, 0.15) is 18.0 Å². The Morgan fingerprint density at radius 3 is 2.28 bits per heavy atom. The Morgan fingerprint density at radius 2 is 1.69 bits per heavy atom. The average Bonchev–Trinajstić information content (AvgIpc) is 3.30. The third-order valence-corrected chi connectivity index (χ3v) is 4.67. The van der Waals surface area contributed by atoms with Crippen LogP contribution in [0.25, 0.3) is 11.4 Å². The fourth-order valence-electron chi connectivity index (χ4n) is 3.06. The molecule has 0 aliphatic rings. The molecule has 1 amide bonds. The maximum absolute atomic E-state index is 13.2. The molecule has 1 heterocycles. The average molecular weight is 439 g/mol. The predicted molar refractivity (Wildman–Crippen MR) is 117 cm³/mol. The first-order valence-corrected chi connectivity index (χ1v) is 9.71. The number of ether oxygens (including phenoxy) is 4. The number of rotatable bonds is 10. The monoisotopic (exact) mass is 439 g/mol. The van der Waals surface area contributed by atoms with E-state index in [-0.39, 0.29) is 24.9 Å². The number of amides is 1. The number of hydrogen-bond donors (Lipinski definition) is 0. The molecule has 0 saturated carbocycles. The second-order valence-corrected chi connectivity index (χ2v) is 6.66. The van der Waals surface area contributed by atoms with Crippen molar-refractivity contribution in [2.24, 2.45) is 0 Å². The van der Waals surface area contributed by atoms with Crippen molar-refractivity contribution in [2.75, 3.05) is 35.0 Å². The highest BCUT2D eigenvalue weighted by Gasteiger charge is 2.20. The van der Waals surface area contributed by atoms with Gasteiger partial charge in [-0.05, 0) is 30.3 Å². The molecule has 3 rings (SSSR count). The Hall–Kier alpha value is -4.01. The zero-order valence-corrected chi connectivity index (χ0v) is 18.5. The van der Waals surface area contributed by atoms with Gasteiger partial charge in [0, 0.05) is 23.7 Å². The first kappa shape index (κ1) is 22.7. The van der Waals surface area contributed by atoms with Crippen LogP contribution in [0.15, 0.2) is 53.6 Å². The molecule has 1 aromatic heterocycles. The molecule has 9 nitrogen and oxygen atoms in total. The van der Waals surface area contributed by atoms with Gasteiger partial charge in [0.15, 0.2) is 11.5 Å². The Kier molecular flexibility index (Phi) is 7.33. The fourth-order valence-corrected chi connectivity index (χ4v) is 3.06. The van der Waals surface area contributed by atoms with E-state index in [2.05, 4.69) is 16.7 Å². The van der Waals surface area contributed by atoms with Crippen LogP contribution in [0.4, 0.5) is 0 Å². The summed E-state index contributed by atoms with van der Waals surface area (Å²) in [6.07, 6.45) is 1.63. The minimum absolute atomic E-state index is 0.102. The zero-order valence-electron chi connectivity index (χ0n) is 18.5. The van der Waals surface area contributed by atoms with Gasteiger partial charge < -0.3 is 28.4 Å². The van der Waals surface area contributed by atoms with Crippen LogP contribution in [-0.4, -0.2) is 55.9 Å². The predicted octanol–water partition coefficient (Wildman–Crippen LogP) is 3.60. The summed E-state index contributed by atoms with van der Waals surface area (Å²) in [6, 6.07) is 10.3. The summed E-state index contributed by atoms with van der Waals surface area (Å²) in [7, 11) is 6.17. The molecule has 0 bridgehead atoms. The number of aromatic nitrogens is 2. The molecule has 168 valence electrons. The second kappa shape index (κ2) is 10.3. The SMILES string of the molecule is C=CCN(Cc1nc(-c2ccc(OC)c(OC)c2)no1)C(=O)c1cc(OC)cc(OC)c1. The largest absolute Gasteiger partial charge is 0.497 e. The van der Waals surface area contributed by atoms with Crippen molar-refractivity contribution in [3.63, 3.8) is 0 Å². The van der Waals surface area contributed by atoms with Gasteiger partial charge in [-0.1, -0.05) is 11.2 Å². The smallest absolute Gasteiger partial charge is 0.254 e. The van der Waals surface area contributed by atoms with Crippen LogP contribution in [0.1, 0.15) is 16.2 Å². The Balaban J connectivity index is 1.84. The lowest BCUT2D eigenvalue weighted by molar-refractivity contribution is 0.0744. The molecular formula is C23H25N3O6. The van der Waals surface area contributed by atoms with Crippen molar-refractivity contribution < 1.29 is 28.3 Å². The summed E-state index contributed by atoms with van der Waals surface area (Å²) < 4.78 is 26.5. The van der Waals surface area contributed by atoms with Crippen molar-refractivity contribution in [1.29, 1.82) is 0 Å². The molecule has 0 spiro atoms. The quantitative estimate of drug-likeness (QED) is 0.442. The Morgan fingerprint density at radius 1 is 1.00 bits per heavy atom. The van der Waals surface area contributed by atoms with E-state index in [1.807, 2.05) is 0 Å². The molecule has 0 unspecified atom stereocenters. The number of benzene rings is 2. The maximum atomic E-state index is 13.2. The van der Waals surface area contributed by atoms with E-state index in [0.29, 0.717) is 39.9 Å². The van der Waals surface area contributed by atoms with Crippen LogP contribution in [0.5, 0.6) is 23.0 Å². The number of carbonyl (C=O) groups is 1. The molecule has 0 aliphatic carbocycles. The van der Waals surface area contributed by atoms with Crippen LogP contribution in [0.3, 0.4) is 0 Å². The minimum atomic E-state index is -0.257. The van der Waals surface area contributed by atoms with E-state index in [1.165, 1.54) is 19.1 Å². The van der Waals surface area contributed by atoms with Gasteiger partial charge in [-0.2, -0.15) is 4.98 Å². The number of hydrogen-bond acceptors (Lipinski definition) is 8. The second-order valence-electron chi connectivity index (χ2n) is 6.66. The number of methoxy groups -OCH3 is 4. The van der Waals surface area contributed by atoms with Crippen molar-refractivity contribution in [3.8, 4) is 34.4 Å². The summed E-state index contributed by atoms with van der Waals surface area (Å²) in [5.41, 5.74) is 1.10. The van der Waals surface area contributed by atoms with Gasteiger partial charge in [0.25, 0.3) is 5.91 Å². The highest BCUT2D eigenvalue weighted by molar-refractivity contribution is 5.95. The van der Waals surface area contributed by atoms with Crippen molar-refractivity contribution in [1.82, 2.24) is 15.0 Å². The van der Waals surface area contributed by atoms with Gasteiger partial charge >= 0.3 is 0 Å². The summed E-state index contributed by atoms with van der Waals surface area (Å²) >= 11 is 0. The van der Waals surface area contributed by atoms with Crippen molar-refractivity contribution in [3.05, 3.63) is 60.5 Å². The molecule has 0 fully saturated rings. The maximum Gasteiger partial charge on any atom is 0.254 e. The van der Waals surface area contributed by atoms with Gasteiger partial charge in [-0.15, -0.1) is 6.58 Å². The van der Waals surface area contributed by atoms with E-state index >= 15 is 0 Å². The molecule has 32 heavy (non-hydrogen) atoms. The number of carbonyl (C=O) groups excluding carboxylic acids is 1. The van der Waals surface area contributed by atoms with Crippen LogP contribution in [-0.2, 0) is 6.54 Å². The lowest BCUT2D eigenvalue weighted by Crippen LogP contribution is -2.30. The van der Waals surface area contributed by atoms with E-state index in [1.54, 1.807) is 56.7 Å². The third kappa shape index (κ3) is 5.00. The third-order valence-electron chi connectivity index (χ3n) is 4.67. The lowest BCUT2D eigenvalue weighted by Gasteiger charge is -2.20. The molecule has 0 radical (unpaired) electrons. The standard InChI is InChI=1S/C23H25N3O6/c1-6-9-26(23(27)16-10-17(28-2)13-18(11-16)29-3)14-21-24-22(25-32-21)15-7-8-19(30-4)20(12-15)31-5/h6-8,10-13H,1,9,14H2,2-5H3. The van der Waals surface area contributed by atoms with E-state index in [4.69, 9.17) is 23.5 Å². The molecule has 0 atom stereocenters. The zero-order chi connectivity index (χ0) is 23.1. The van der Waals surface area contributed by atoms with Crippen LogP contribution < -0.4 is 18.9 Å². The molecule has 9 heteroatoms. The molecule has 0 N–H and O–H groups in total. The fraction of sp³-hybridized carbons (Fsp3) is 0.261. The minimum Gasteiger partial charge on any atom is -0.497 e. The number of nitrogens with zero attached hydrogens (tertiary/aromatic N) is 3. The van der Waals surface area contributed by atoms with Crippen LogP contribution in [0.2, 0.25) is 0 Å². The summed E-state index contributed by atoms with van der Waals surface area (Å²) in [4.78, 5) is 19.1. The van der Waals surface area contributed by atoms with Gasteiger partial charge in [0.2, 0.25) is 11.7 Å². The molecule has 0 aliphatic heterocycles. The Labute approximate surface area is 186 Å².